The molecule has 0 saturated carbocycles. The van der Waals surface area contributed by atoms with Gasteiger partial charge in [-0.3, -0.25) is 4.31 Å². The summed E-state index contributed by atoms with van der Waals surface area (Å²) in [6.45, 7) is 2.13. The highest BCUT2D eigenvalue weighted by Crippen LogP contribution is 2.26. The summed E-state index contributed by atoms with van der Waals surface area (Å²) >= 11 is 0. The van der Waals surface area contributed by atoms with Crippen LogP contribution in [0.1, 0.15) is 6.92 Å². The van der Waals surface area contributed by atoms with Crippen molar-refractivity contribution in [1.82, 2.24) is 0 Å². The monoisotopic (exact) mass is 321 g/mol. The van der Waals surface area contributed by atoms with Gasteiger partial charge in [0.1, 0.15) is 11.5 Å². The lowest BCUT2D eigenvalue weighted by molar-refractivity contribution is 0.414. The van der Waals surface area contributed by atoms with Crippen molar-refractivity contribution in [2.45, 2.75) is 11.8 Å². The van der Waals surface area contributed by atoms with Gasteiger partial charge in [-0.05, 0) is 55.5 Å². The highest BCUT2D eigenvalue weighted by molar-refractivity contribution is 7.92. The van der Waals surface area contributed by atoms with Crippen LogP contribution >= 0.6 is 0 Å². The van der Waals surface area contributed by atoms with Crippen molar-refractivity contribution in [2.24, 2.45) is 0 Å². The lowest BCUT2D eigenvalue weighted by Gasteiger charge is -2.23. The quantitative estimate of drug-likeness (QED) is 0.821. The highest BCUT2D eigenvalue weighted by atomic mass is 32.2. The fraction of sp³-hybridized carbons (Fsp3) is 0.250. The normalized spacial score (nSPS) is 11.0. The molecule has 6 heteroatoms. The Morgan fingerprint density at radius 2 is 1.32 bits per heavy atom. The molecule has 22 heavy (non-hydrogen) atoms. The molecule has 0 aliphatic heterocycles. The van der Waals surface area contributed by atoms with Crippen LogP contribution in [-0.2, 0) is 10.0 Å². The van der Waals surface area contributed by atoms with E-state index in [0.717, 1.165) is 0 Å². The van der Waals surface area contributed by atoms with Gasteiger partial charge in [0.05, 0.1) is 24.8 Å². The van der Waals surface area contributed by atoms with Crippen LogP contribution in [0, 0.1) is 0 Å². The Balaban J connectivity index is 2.38. The second kappa shape index (κ2) is 6.70. The second-order valence-corrected chi connectivity index (χ2v) is 6.41. The average molecular weight is 321 g/mol. The van der Waals surface area contributed by atoms with Gasteiger partial charge < -0.3 is 9.47 Å². The molecule has 0 radical (unpaired) electrons. The van der Waals surface area contributed by atoms with E-state index in [1.807, 2.05) is 0 Å². The number of rotatable bonds is 6. The number of nitrogens with zero attached hydrogens (tertiary/aromatic N) is 1. The van der Waals surface area contributed by atoms with E-state index in [9.17, 15) is 8.42 Å². The van der Waals surface area contributed by atoms with Gasteiger partial charge >= 0.3 is 0 Å². The van der Waals surface area contributed by atoms with Crippen LogP contribution in [0.3, 0.4) is 0 Å². The summed E-state index contributed by atoms with van der Waals surface area (Å²) in [6, 6.07) is 13.3. The van der Waals surface area contributed by atoms with Gasteiger partial charge in [0, 0.05) is 6.54 Å². The first kappa shape index (κ1) is 16.2. The van der Waals surface area contributed by atoms with Gasteiger partial charge in [-0.25, -0.2) is 8.42 Å². The molecule has 0 bridgehead atoms. The van der Waals surface area contributed by atoms with E-state index >= 15 is 0 Å². The average Bonchev–Trinajstić information content (AvgIpc) is 2.56. The van der Waals surface area contributed by atoms with E-state index in [-0.39, 0.29) is 4.90 Å². The number of methoxy groups -OCH3 is 2. The lowest BCUT2D eigenvalue weighted by Crippen LogP contribution is -2.30. The minimum Gasteiger partial charge on any atom is -0.497 e. The molecule has 0 aliphatic carbocycles. The maximum Gasteiger partial charge on any atom is 0.264 e. The molecule has 0 fully saturated rings. The van der Waals surface area contributed by atoms with Crippen LogP contribution in [0.15, 0.2) is 53.4 Å². The molecular formula is C16H19NO4S. The molecule has 0 heterocycles. The topological polar surface area (TPSA) is 55.8 Å². The number of sulfonamides is 1. The molecule has 2 aromatic carbocycles. The van der Waals surface area contributed by atoms with Crippen molar-refractivity contribution in [2.75, 3.05) is 25.1 Å². The van der Waals surface area contributed by atoms with Crippen LogP contribution in [0.25, 0.3) is 0 Å². The first-order valence-electron chi connectivity index (χ1n) is 6.83. The largest absolute Gasteiger partial charge is 0.497 e. The Labute approximate surface area is 131 Å². The molecule has 0 atom stereocenters. The van der Waals surface area contributed by atoms with Crippen LogP contribution in [0.2, 0.25) is 0 Å². The highest BCUT2D eigenvalue weighted by Gasteiger charge is 2.23. The number of anilines is 1. The third-order valence-electron chi connectivity index (χ3n) is 3.30. The minimum atomic E-state index is -3.61. The molecular weight excluding hydrogens is 302 g/mol. The Hall–Kier alpha value is -2.21. The third kappa shape index (κ3) is 3.17. The fourth-order valence-electron chi connectivity index (χ4n) is 2.11. The molecule has 2 aromatic rings. The molecule has 5 nitrogen and oxygen atoms in total. The Kier molecular flexibility index (Phi) is 4.92. The number of hydrogen-bond donors (Lipinski definition) is 0. The molecule has 0 N–H and O–H groups in total. The first-order valence-corrected chi connectivity index (χ1v) is 8.27. The predicted molar refractivity (Wildman–Crippen MR) is 86.2 cm³/mol. The second-order valence-electron chi connectivity index (χ2n) is 4.54. The van der Waals surface area contributed by atoms with E-state index in [1.54, 1.807) is 69.7 Å². The summed E-state index contributed by atoms with van der Waals surface area (Å²) in [7, 11) is -0.501. The van der Waals surface area contributed by atoms with Crippen molar-refractivity contribution in [1.29, 1.82) is 0 Å². The molecule has 118 valence electrons. The van der Waals surface area contributed by atoms with E-state index in [0.29, 0.717) is 23.7 Å². The van der Waals surface area contributed by atoms with Crippen molar-refractivity contribution < 1.29 is 17.9 Å². The predicted octanol–water partition coefficient (Wildman–Crippen LogP) is 2.92. The van der Waals surface area contributed by atoms with Gasteiger partial charge in [-0.1, -0.05) is 0 Å². The summed E-state index contributed by atoms with van der Waals surface area (Å²) < 4.78 is 37.1. The van der Waals surface area contributed by atoms with Gasteiger partial charge in [0.15, 0.2) is 0 Å². The van der Waals surface area contributed by atoms with Crippen LogP contribution in [-0.4, -0.2) is 29.2 Å². The van der Waals surface area contributed by atoms with E-state index in [1.165, 1.54) is 4.31 Å². The smallest absolute Gasteiger partial charge is 0.264 e. The Morgan fingerprint density at radius 1 is 0.864 bits per heavy atom. The number of benzene rings is 2. The lowest BCUT2D eigenvalue weighted by atomic mass is 10.3. The summed E-state index contributed by atoms with van der Waals surface area (Å²) in [5.41, 5.74) is 0.596. The van der Waals surface area contributed by atoms with Gasteiger partial charge in [-0.2, -0.15) is 0 Å². The number of hydrogen-bond acceptors (Lipinski definition) is 4. The van der Waals surface area contributed by atoms with E-state index < -0.39 is 10.0 Å². The Morgan fingerprint density at radius 3 is 1.73 bits per heavy atom. The number of ether oxygens (including phenoxy) is 2. The minimum absolute atomic E-state index is 0.228. The summed E-state index contributed by atoms with van der Waals surface area (Å²) in [5.74, 6) is 1.30. The standard InChI is InChI=1S/C16H19NO4S/c1-4-17(13-5-7-14(20-2)8-6-13)22(18,19)16-11-9-15(21-3)10-12-16/h5-12H,4H2,1-3H3. The molecule has 0 unspecified atom stereocenters. The zero-order chi connectivity index (χ0) is 16.2. The summed E-state index contributed by atoms with van der Waals surface area (Å²) in [6.07, 6.45) is 0. The van der Waals surface area contributed by atoms with Crippen molar-refractivity contribution >= 4 is 15.7 Å². The van der Waals surface area contributed by atoms with Gasteiger partial charge in [0.25, 0.3) is 10.0 Å². The molecule has 0 aliphatic rings. The van der Waals surface area contributed by atoms with Gasteiger partial charge in [0.2, 0.25) is 0 Å². The molecule has 0 aromatic heterocycles. The fourth-order valence-corrected chi connectivity index (χ4v) is 3.59. The SMILES string of the molecule is CCN(c1ccc(OC)cc1)S(=O)(=O)c1ccc(OC)cc1. The zero-order valence-corrected chi connectivity index (χ0v) is 13.6. The first-order chi connectivity index (χ1) is 10.5. The van der Waals surface area contributed by atoms with Crippen molar-refractivity contribution in [3.8, 4) is 11.5 Å². The maximum absolute atomic E-state index is 12.8. The van der Waals surface area contributed by atoms with Crippen LogP contribution in [0.4, 0.5) is 5.69 Å². The van der Waals surface area contributed by atoms with E-state index in [4.69, 9.17) is 9.47 Å². The summed E-state index contributed by atoms with van der Waals surface area (Å²) in [5, 5.41) is 0. The molecule has 0 spiro atoms. The van der Waals surface area contributed by atoms with E-state index in [2.05, 4.69) is 0 Å². The van der Waals surface area contributed by atoms with Crippen molar-refractivity contribution in [3.63, 3.8) is 0 Å². The molecule has 2 rings (SSSR count). The van der Waals surface area contributed by atoms with Crippen LogP contribution in [0.5, 0.6) is 11.5 Å². The Bertz CT molecular complexity index is 709. The molecule has 0 saturated heterocycles. The molecule has 0 amide bonds. The third-order valence-corrected chi connectivity index (χ3v) is 5.21. The summed E-state index contributed by atoms with van der Waals surface area (Å²) in [4.78, 5) is 0.228. The van der Waals surface area contributed by atoms with Crippen molar-refractivity contribution in [3.05, 3.63) is 48.5 Å². The zero-order valence-electron chi connectivity index (χ0n) is 12.8. The van der Waals surface area contributed by atoms with Crippen LogP contribution < -0.4 is 13.8 Å². The van der Waals surface area contributed by atoms with Gasteiger partial charge in [-0.15, -0.1) is 0 Å². The maximum atomic E-state index is 12.8.